The molecule has 0 saturated carbocycles. The monoisotopic (exact) mass is 264 g/mol. The lowest BCUT2D eigenvalue weighted by Gasteiger charge is -2.45. The van der Waals surface area contributed by atoms with Crippen molar-refractivity contribution in [1.82, 2.24) is 10.6 Å². The van der Waals surface area contributed by atoms with Gasteiger partial charge in [0.2, 0.25) is 0 Å². The number of hydrogen-bond donors (Lipinski definition) is 2. The van der Waals surface area contributed by atoms with Gasteiger partial charge in [-0.05, 0) is 32.1 Å². The standard InChI is InChI=1S/C13H16N2O2S/c1-3-16-10-6-4-5-8-9-7-13(2,17-11(8)10)15-12(18)14-9/h4-6,9H,3,7H2,1-2H3,(H2,14,15,18)/t9-,13+/m1/s1. The van der Waals surface area contributed by atoms with E-state index in [1.165, 1.54) is 0 Å². The molecule has 0 aliphatic carbocycles. The summed E-state index contributed by atoms with van der Waals surface area (Å²) in [6.45, 7) is 4.61. The van der Waals surface area contributed by atoms with E-state index in [-0.39, 0.29) is 6.04 Å². The van der Waals surface area contributed by atoms with E-state index in [4.69, 9.17) is 21.7 Å². The van der Waals surface area contributed by atoms with Crippen LogP contribution in [0.2, 0.25) is 0 Å². The summed E-state index contributed by atoms with van der Waals surface area (Å²) in [5, 5.41) is 7.10. The second-order valence-corrected chi connectivity index (χ2v) is 5.20. The number of hydrogen-bond acceptors (Lipinski definition) is 3. The van der Waals surface area contributed by atoms with Crippen LogP contribution in [0.5, 0.6) is 11.5 Å². The van der Waals surface area contributed by atoms with Gasteiger partial charge in [-0.25, -0.2) is 0 Å². The minimum Gasteiger partial charge on any atom is -0.490 e. The highest BCUT2D eigenvalue weighted by molar-refractivity contribution is 7.80. The molecule has 96 valence electrons. The molecule has 0 aromatic heterocycles. The van der Waals surface area contributed by atoms with Crippen LogP contribution in [0.25, 0.3) is 0 Å². The quantitative estimate of drug-likeness (QED) is 0.801. The van der Waals surface area contributed by atoms with E-state index in [1.807, 2.05) is 26.0 Å². The molecule has 1 fully saturated rings. The van der Waals surface area contributed by atoms with Crippen molar-refractivity contribution in [2.24, 2.45) is 0 Å². The van der Waals surface area contributed by atoms with Gasteiger partial charge >= 0.3 is 0 Å². The van der Waals surface area contributed by atoms with E-state index in [0.29, 0.717) is 11.7 Å². The fourth-order valence-electron chi connectivity index (χ4n) is 2.59. The number of ether oxygens (including phenoxy) is 2. The van der Waals surface area contributed by atoms with Gasteiger partial charge in [0.1, 0.15) is 0 Å². The van der Waals surface area contributed by atoms with Gasteiger partial charge < -0.3 is 20.1 Å². The first-order valence-corrected chi connectivity index (χ1v) is 6.55. The normalized spacial score (nSPS) is 28.6. The highest BCUT2D eigenvalue weighted by Gasteiger charge is 2.43. The Hall–Kier alpha value is -1.49. The van der Waals surface area contributed by atoms with Crippen LogP contribution in [0.1, 0.15) is 31.9 Å². The van der Waals surface area contributed by atoms with Crippen molar-refractivity contribution >= 4 is 17.3 Å². The predicted octanol–water partition coefficient (Wildman–Crippen LogP) is 2.10. The van der Waals surface area contributed by atoms with Crippen LogP contribution in [-0.4, -0.2) is 17.4 Å². The average Bonchev–Trinajstić information content (AvgIpc) is 2.29. The molecule has 1 aromatic carbocycles. The molecule has 18 heavy (non-hydrogen) atoms. The van der Waals surface area contributed by atoms with Crippen LogP contribution in [0.15, 0.2) is 18.2 Å². The number of rotatable bonds is 2. The lowest BCUT2D eigenvalue weighted by atomic mass is 9.91. The molecule has 2 bridgehead atoms. The molecule has 0 radical (unpaired) electrons. The minimum atomic E-state index is -0.451. The molecule has 0 unspecified atom stereocenters. The van der Waals surface area contributed by atoms with Gasteiger partial charge in [0.25, 0.3) is 0 Å². The van der Waals surface area contributed by atoms with E-state index in [9.17, 15) is 0 Å². The summed E-state index contributed by atoms with van der Waals surface area (Å²) in [7, 11) is 0. The van der Waals surface area contributed by atoms with Crippen LogP contribution in [0, 0.1) is 0 Å². The number of fused-ring (bicyclic) bond motifs is 4. The Labute approximate surface area is 112 Å². The number of nitrogens with one attached hydrogen (secondary N) is 2. The predicted molar refractivity (Wildman–Crippen MR) is 72.9 cm³/mol. The van der Waals surface area contributed by atoms with Crippen molar-refractivity contribution < 1.29 is 9.47 Å². The fraction of sp³-hybridized carbons (Fsp3) is 0.462. The van der Waals surface area contributed by atoms with E-state index in [0.717, 1.165) is 23.5 Å². The van der Waals surface area contributed by atoms with Crippen molar-refractivity contribution in [3.8, 4) is 11.5 Å². The zero-order chi connectivity index (χ0) is 12.8. The fourth-order valence-corrected chi connectivity index (χ4v) is 2.95. The molecule has 2 N–H and O–H groups in total. The smallest absolute Gasteiger partial charge is 0.182 e. The number of thiocarbonyl (C=S) groups is 1. The molecular weight excluding hydrogens is 248 g/mol. The van der Waals surface area contributed by atoms with Crippen LogP contribution >= 0.6 is 12.2 Å². The third kappa shape index (κ3) is 1.79. The lowest BCUT2D eigenvalue weighted by Crippen LogP contribution is -2.62. The van der Waals surface area contributed by atoms with Crippen molar-refractivity contribution in [2.75, 3.05) is 6.61 Å². The van der Waals surface area contributed by atoms with E-state index in [1.54, 1.807) is 0 Å². The van der Waals surface area contributed by atoms with Gasteiger partial charge in [0.15, 0.2) is 22.3 Å². The molecule has 0 spiro atoms. The second-order valence-electron chi connectivity index (χ2n) is 4.80. The van der Waals surface area contributed by atoms with Crippen LogP contribution in [0.4, 0.5) is 0 Å². The molecule has 2 aliphatic heterocycles. The molecule has 0 amide bonds. The molecule has 1 aromatic rings. The maximum atomic E-state index is 6.08. The Balaban J connectivity index is 2.07. The molecule has 1 saturated heterocycles. The highest BCUT2D eigenvalue weighted by atomic mass is 32.1. The largest absolute Gasteiger partial charge is 0.490 e. The van der Waals surface area contributed by atoms with Crippen LogP contribution in [-0.2, 0) is 0 Å². The van der Waals surface area contributed by atoms with E-state index >= 15 is 0 Å². The maximum Gasteiger partial charge on any atom is 0.182 e. The summed E-state index contributed by atoms with van der Waals surface area (Å²) in [6.07, 6.45) is 0.843. The summed E-state index contributed by atoms with van der Waals surface area (Å²) in [4.78, 5) is 0. The van der Waals surface area contributed by atoms with E-state index in [2.05, 4.69) is 16.7 Å². The van der Waals surface area contributed by atoms with Crippen molar-refractivity contribution in [3.63, 3.8) is 0 Å². The summed E-state index contributed by atoms with van der Waals surface area (Å²) >= 11 is 5.21. The first kappa shape index (κ1) is 11.6. The second kappa shape index (κ2) is 4.02. The van der Waals surface area contributed by atoms with Crippen molar-refractivity contribution in [3.05, 3.63) is 23.8 Å². The Morgan fingerprint density at radius 1 is 1.56 bits per heavy atom. The molecule has 2 atom stereocenters. The van der Waals surface area contributed by atoms with E-state index < -0.39 is 5.72 Å². The third-order valence-electron chi connectivity index (χ3n) is 3.29. The Morgan fingerprint density at radius 2 is 2.39 bits per heavy atom. The molecular formula is C13H16N2O2S. The van der Waals surface area contributed by atoms with Crippen molar-refractivity contribution in [1.29, 1.82) is 0 Å². The molecule has 2 aliphatic rings. The van der Waals surface area contributed by atoms with Gasteiger partial charge in [-0.15, -0.1) is 0 Å². The molecule has 3 rings (SSSR count). The topological polar surface area (TPSA) is 42.5 Å². The zero-order valence-electron chi connectivity index (χ0n) is 10.4. The average molecular weight is 264 g/mol. The summed E-state index contributed by atoms with van der Waals surface area (Å²) < 4.78 is 11.7. The SMILES string of the molecule is CCOc1cccc2c1O[C@@]1(C)C[C@H]2NC(=S)N1. The third-order valence-corrected chi connectivity index (χ3v) is 3.51. The Morgan fingerprint density at radius 3 is 3.17 bits per heavy atom. The first-order chi connectivity index (χ1) is 8.61. The number of para-hydroxylation sites is 1. The minimum absolute atomic E-state index is 0.188. The number of benzene rings is 1. The van der Waals surface area contributed by atoms with Gasteiger partial charge in [0.05, 0.1) is 12.6 Å². The maximum absolute atomic E-state index is 6.08. The Kier molecular flexibility index (Phi) is 2.59. The van der Waals surface area contributed by atoms with Crippen LogP contribution in [0.3, 0.4) is 0 Å². The van der Waals surface area contributed by atoms with Gasteiger partial charge in [0, 0.05) is 12.0 Å². The van der Waals surface area contributed by atoms with Gasteiger partial charge in [-0.2, -0.15) is 0 Å². The van der Waals surface area contributed by atoms with Gasteiger partial charge in [-0.1, -0.05) is 12.1 Å². The summed E-state index contributed by atoms with van der Waals surface area (Å²) in [5.74, 6) is 1.61. The van der Waals surface area contributed by atoms with Crippen molar-refractivity contribution in [2.45, 2.75) is 32.0 Å². The van der Waals surface area contributed by atoms with Gasteiger partial charge in [-0.3, -0.25) is 0 Å². The molecule has 4 nitrogen and oxygen atoms in total. The van der Waals surface area contributed by atoms with Crippen LogP contribution < -0.4 is 20.1 Å². The highest BCUT2D eigenvalue weighted by Crippen LogP contribution is 2.45. The lowest BCUT2D eigenvalue weighted by molar-refractivity contribution is 0.0216. The Bertz CT molecular complexity index is 506. The zero-order valence-corrected chi connectivity index (χ0v) is 11.3. The molecule has 5 heteroatoms. The summed E-state index contributed by atoms with van der Waals surface area (Å²) in [6, 6.07) is 6.17. The molecule has 2 heterocycles. The summed E-state index contributed by atoms with van der Waals surface area (Å²) in [5.41, 5.74) is 0.662. The first-order valence-electron chi connectivity index (χ1n) is 6.15.